The molecule has 32 heavy (non-hydrogen) atoms. The van der Waals surface area contributed by atoms with Crippen LogP contribution < -0.4 is 10.8 Å². The van der Waals surface area contributed by atoms with Gasteiger partial charge in [0, 0.05) is 38.7 Å². The van der Waals surface area contributed by atoms with E-state index in [-0.39, 0.29) is 4.90 Å². The number of carbonyl (C=O) groups is 1. The largest absolute Gasteiger partial charge is 0.383 e. The van der Waals surface area contributed by atoms with Crippen molar-refractivity contribution >= 4 is 22.0 Å². The Hall–Kier alpha value is -3.24. The number of methoxy groups -OCH3 is 1. The number of rotatable bonds is 10. The lowest BCUT2D eigenvalue weighted by Gasteiger charge is -2.09. The van der Waals surface area contributed by atoms with Crippen molar-refractivity contribution in [2.24, 2.45) is 0 Å². The molecule has 1 amide bonds. The molecule has 3 N–H and O–H groups in total. The van der Waals surface area contributed by atoms with E-state index in [9.17, 15) is 13.2 Å². The second-order valence-electron chi connectivity index (χ2n) is 6.98. The maximum absolute atomic E-state index is 13.1. The zero-order valence-corrected chi connectivity index (χ0v) is 18.4. The molecule has 0 bridgehead atoms. The zero-order valence-electron chi connectivity index (χ0n) is 17.6. The van der Waals surface area contributed by atoms with Crippen LogP contribution >= 0.6 is 0 Å². The molecule has 0 aliphatic heterocycles. The Balaban J connectivity index is 1.77. The van der Waals surface area contributed by atoms with Crippen LogP contribution in [0.4, 0.5) is 0 Å². The van der Waals surface area contributed by atoms with Gasteiger partial charge in [0.25, 0.3) is 15.9 Å². The van der Waals surface area contributed by atoms with Crippen LogP contribution in [0.3, 0.4) is 0 Å². The topological polar surface area (TPSA) is 110 Å². The summed E-state index contributed by atoms with van der Waals surface area (Å²) in [7, 11) is -2.14. The minimum Gasteiger partial charge on any atom is -0.383 e. The third-order valence-electron chi connectivity index (χ3n) is 4.74. The van der Waals surface area contributed by atoms with Gasteiger partial charge in [0.05, 0.1) is 11.5 Å². The predicted octanol–water partition coefficient (Wildman–Crippen LogP) is 2.65. The zero-order chi connectivity index (χ0) is 23.0. The van der Waals surface area contributed by atoms with Gasteiger partial charge in [0.15, 0.2) is 0 Å². The number of ether oxygens (including phenoxy) is 1. The van der Waals surface area contributed by atoms with E-state index in [4.69, 9.17) is 9.94 Å². The molecule has 0 saturated heterocycles. The molecular weight excluding hydrogens is 430 g/mol. The van der Waals surface area contributed by atoms with Crippen molar-refractivity contribution in [3.63, 3.8) is 0 Å². The first kappa shape index (κ1) is 23.4. The normalized spacial score (nSPS) is 11.7. The molecule has 3 aromatic rings. The van der Waals surface area contributed by atoms with Crippen LogP contribution in [0.2, 0.25) is 0 Å². The smallest absolute Gasteiger partial charge is 0.267 e. The highest BCUT2D eigenvalue weighted by Crippen LogP contribution is 2.24. The highest BCUT2D eigenvalue weighted by molar-refractivity contribution is 7.90. The van der Waals surface area contributed by atoms with Crippen LogP contribution in [0.15, 0.2) is 78.0 Å². The molecule has 0 unspecified atom stereocenters. The molecule has 9 heteroatoms. The van der Waals surface area contributed by atoms with E-state index in [1.807, 2.05) is 30.3 Å². The second-order valence-corrected chi connectivity index (χ2v) is 8.83. The summed E-state index contributed by atoms with van der Waals surface area (Å²) >= 11 is 0. The molecule has 8 nitrogen and oxygen atoms in total. The van der Waals surface area contributed by atoms with Crippen molar-refractivity contribution in [1.82, 2.24) is 14.8 Å². The van der Waals surface area contributed by atoms with Crippen molar-refractivity contribution in [3.05, 3.63) is 84.2 Å². The molecule has 0 aliphatic carbocycles. The molecule has 0 spiro atoms. The third-order valence-corrected chi connectivity index (χ3v) is 6.37. The Morgan fingerprint density at radius 2 is 1.91 bits per heavy atom. The van der Waals surface area contributed by atoms with E-state index in [0.717, 1.165) is 39.8 Å². The van der Waals surface area contributed by atoms with Crippen LogP contribution in [-0.4, -0.2) is 43.8 Å². The molecule has 0 radical (unpaired) electrons. The number of aromatic nitrogens is 1. The first-order chi connectivity index (χ1) is 15.4. The molecule has 3 rings (SSSR count). The average molecular weight is 456 g/mol. The summed E-state index contributed by atoms with van der Waals surface area (Å²) in [5, 5.41) is 11.8. The molecule has 0 saturated carbocycles. The van der Waals surface area contributed by atoms with Gasteiger partial charge in [-0.2, -0.15) is 0 Å². The van der Waals surface area contributed by atoms with Crippen LogP contribution in [0, 0.1) is 0 Å². The lowest BCUT2D eigenvalue weighted by molar-refractivity contribution is -0.124. The van der Waals surface area contributed by atoms with E-state index in [0.29, 0.717) is 12.2 Å². The lowest BCUT2D eigenvalue weighted by atomic mass is 10.0. The SMILES string of the molecule is COCCNCc1ccc(-c2cccc(S(=O)(=O)n3ccc(/C=C/C(=O)NO)c3)c2)cc1. The first-order valence-corrected chi connectivity index (χ1v) is 11.3. The number of carbonyl (C=O) groups excluding carboxylic acids is 1. The van der Waals surface area contributed by atoms with E-state index >= 15 is 0 Å². The van der Waals surface area contributed by atoms with Crippen LogP contribution in [0.25, 0.3) is 17.2 Å². The van der Waals surface area contributed by atoms with Gasteiger partial charge in [-0.15, -0.1) is 0 Å². The number of nitrogens with zero attached hydrogens (tertiary/aromatic N) is 1. The van der Waals surface area contributed by atoms with Gasteiger partial charge in [0.2, 0.25) is 0 Å². The fourth-order valence-corrected chi connectivity index (χ4v) is 4.28. The first-order valence-electron chi connectivity index (χ1n) is 9.89. The highest BCUT2D eigenvalue weighted by Gasteiger charge is 2.17. The molecule has 0 fully saturated rings. The summed E-state index contributed by atoms with van der Waals surface area (Å²) in [6.07, 6.45) is 5.31. The van der Waals surface area contributed by atoms with E-state index in [1.165, 1.54) is 23.9 Å². The van der Waals surface area contributed by atoms with Gasteiger partial charge in [-0.1, -0.05) is 36.4 Å². The molecule has 2 aromatic carbocycles. The van der Waals surface area contributed by atoms with Gasteiger partial charge in [0.1, 0.15) is 0 Å². The molecule has 0 atom stereocenters. The van der Waals surface area contributed by atoms with Crippen LogP contribution in [0.5, 0.6) is 0 Å². The maximum atomic E-state index is 13.1. The number of nitrogens with one attached hydrogen (secondary N) is 2. The minimum absolute atomic E-state index is 0.152. The minimum atomic E-state index is -3.81. The van der Waals surface area contributed by atoms with Gasteiger partial charge in [-0.05, 0) is 46.5 Å². The molecule has 1 heterocycles. The van der Waals surface area contributed by atoms with Crippen molar-refractivity contribution in [2.75, 3.05) is 20.3 Å². The Bertz CT molecular complexity index is 1180. The summed E-state index contributed by atoms with van der Waals surface area (Å²) in [5.41, 5.74) is 4.80. The molecule has 1 aromatic heterocycles. The number of hydrogen-bond donors (Lipinski definition) is 3. The molecule has 0 aliphatic rings. The van der Waals surface area contributed by atoms with Crippen molar-refractivity contribution in [1.29, 1.82) is 0 Å². The van der Waals surface area contributed by atoms with E-state index < -0.39 is 15.9 Å². The Morgan fingerprint density at radius 3 is 2.62 bits per heavy atom. The predicted molar refractivity (Wildman–Crippen MR) is 121 cm³/mol. The van der Waals surface area contributed by atoms with Gasteiger partial charge < -0.3 is 10.1 Å². The van der Waals surface area contributed by atoms with E-state index in [2.05, 4.69) is 5.32 Å². The highest BCUT2D eigenvalue weighted by atomic mass is 32.2. The Kier molecular flexibility index (Phi) is 7.96. The standard InChI is InChI=1S/C23H25N3O5S/c1-31-14-12-24-16-18-5-8-20(9-6-18)21-3-2-4-22(15-21)32(29,30)26-13-11-19(17-26)7-10-23(27)25-28/h2-11,13,15,17,24,28H,12,14,16H2,1H3,(H,25,27)/b10-7+. The summed E-state index contributed by atoms with van der Waals surface area (Å²) < 4.78 is 32.2. The van der Waals surface area contributed by atoms with Gasteiger partial charge in [-0.25, -0.2) is 17.9 Å². The Labute approximate surface area is 187 Å². The van der Waals surface area contributed by atoms with Crippen LogP contribution in [-0.2, 0) is 26.1 Å². The average Bonchev–Trinajstić information content (AvgIpc) is 3.31. The fraction of sp³-hybridized carbons (Fsp3) is 0.174. The summed E-state index contributed by atoms with van der Waals surface area (Å²) in [4.78, 5) is 11.3. The van der Waals surface area contributed by atoms with Crippen molar-refractivity contribution in [3.8, 4) is 11.1 Å². The van der Waals surface area contributed by atoms with Gasteiger partial charge in [-0.3, -0.25) is 10.0 Å². The summed E-state index contributed by atoms with van der Waals surface area (Å²) in [6.45, 7) is 2.14. The van der Waals surface area contributed by atoms with E-state index in [1.54, 1.807) is 31.4 Å². The number of hydrogen-bond acceptors (Lipinski definition) is 6. The monoisotopic (exact) mass is 455 g/mol. The summed E-state index contributed by atoms with van der Waals surface area (Å²) in [6, 6.07) is 16.2. The quantitative estimate of drug-likeness (QED) is 0.188. The number of benzene rings is 2. The molecular formula is C23H25N3O5S. The van der Waals surface area contributed by atoms with Crippen LogP contribution in [0.1, 0.15) is 11.1 Å². The maximum Gasteiger partial charge on any atom is 0.267 e. The third kappa shape index (κ3) is 5.92. The fourth-order valence-electron chi connectivity index (χ4n) is 3.03. The summed E-state index contributed by atoms with van der Waals surface area (Å²) in [5.74, 6) is -0.704. The van der Waals surface area contributed by atoms with Crippen molar-refractivity contribution < 1.29 is 23.2 Å². The van der Waals surface area contributed by atoms with Crippen molar-refractivity contribution in [2.45, 2.75) is 11.4 Å². The van der Waals surface area contributed by atoms with Gasteiger partial charge >= 0.3 is 0 Å². The number of amides is 1. The molecule has 168 valence electrons. The number of hydroxylamine groups is 1. The Morgan fingerprint density at radius 1 is 1.12 bits per heavy atom. The second kappa shape index (κ2) is 10.9. The lowest BCUT2D eigenvalue weighted by Crippen LogP contribution is -2.18.